The third-order valence-electron chi connectivity index (χ3n) is 4.04. The monoisotopic (exact) mass is 438 g/mol. The normalized spacial score (nSPS) is 10.7. The number of nitrogens with one attached hydrogen (secondary N) is 2. The first kappa shape index (κ1) is 20.0. The number of halogens is 3. The van der Waals surface area contributed by atoms with Gasteiger partial charge in [0.2, 0.25) is 0 Å². The van der Waals surface area contributed by atoms with E-state index in [0.717, 1.165) is 28.3 Å². The van der Waals surface area contributed by atoms with Crippen molar-refractivity contribution in [2.24, 2.45) is 0 Å². The Morgan fingerprint density at radius 2 is 1.78 bits per heavy atom. The SMILES string of the molecule is Cc1nn(Cc2ccc(Cl)cc2Cl)c(C)c1NC(=S)Nc1cccc(Cl)c1. The lowest BCUT2D eigenvalue weighted by molar-refractivity contribution is 0.659. The number of aromatic nitrogens is 2. The van der Waals surface area contributed by atoms with Crippen LogP contribution in [-0.4, -0.2) is 14.9 Å². The van der Waals surface area contributed by atoms with Gasteiger partial charge >= 0.3 is 0 Å². The van der Waals surface area contributed by atoms with E-state index in [1.54, 1.807) is 12.1 Å². The van der Waals surface area contributed by atoms with Crippen LogP contribution in [0.3, 0.4) is 0 Å². The first-order valence-electron chi connectivity index (χ1n) is 8.15. The fourth-order valence-electron chi connectivity index (χ4n) is 2.69. The zero-order chi connectivity index (χ0) is 19.6. The smallest absolute Gasteiger partial charge is 0.175 e. The predicted molar refractivity (Wildman–Crippen MR) is 119 cm³/mol. The molecule has 27 heavy (non-hydrogen) atoms. The zero-order valence-corrected chi connectivity index (χ0v) is 17.8. The van der Waals surface area contributed by atoms with Crippen molar-refractivity contribution in [2.45, 2.75) is 20.4 Å². The number of aryl methyl sites for hydroxylation is 1. The van der Waals surface area contributed by atoms with E-state index in [1.807, 2.05) is 48.9 Å². The topological polar surface area (TPSA) is 41.9 Å². The minimum atomic E-state index is 0.465. The highest BCUT2D eigenvalue weighted by atomic mass is 35.5. The molecule has 0 saturated heterocycles. The van der Waals surface area contributed by atoms with E-state index in [1.165, 1.54) is 0 Å². The number of thiocarbonyl (C=S) groups is 1. The molecular formula is C19H17Cl3N4S. The van der Waals surface area contributed by atoms with Crippen molar-refractivity contribution in [1.29, 1.82) is 0 Å². The first-order valence-corrected chi connectivity index (χ1v) is 9.69. The van der Waals surface area contributed by atoms with Gasteiger partial charge in [0.05, 0.1) is 23.6 Å². The zero-order valence-electron chi connectivity index (χ0n) is 14.7. The van der Waals surface area contributed by atoms with E-state index in [4.69, 9.17) is 47.0 Å². The van der Waals surface area contributed by atoms with Crippen molar-refractivity contribution >= 4 is 63.5 Å². The Labute approximate surface area is 178 Å². The van der Waals surface area contributed by atoms with Crippen LogP contribution in [0.25, 0.3) is 0 Å². The molecule has 0 bridgehead atoms. The summed E-state index contributed by atoms with van der Waals surface area (Å²) in [5.41, 5.74) is 4.41. The average Bonchev–Trinajstić information content (AvgIpc) is 2.85. The Bertz CT molecular complexity index is 1000. The predicted octanol–water partition coefficient (Wildman–Crippen LogP) is 6.32. The van der Waals surface area contributed by atoms with Crippen molar-refractivity contribution in [3.8, 4) is 0 Å². The molecule has 0 spiro atoms. The fraction of sp³-hybridized carbons (Fsp3) is 0.158. The molecule has 0 radical (unpaired) electrons. The van der Waals surface area contributed by atoms with Gasteiger partial charge in [-0.05, 0) is 62.0 Å². The van der Waals surface area contributed by atoms with Gasteiger partial charge in [0.1, 0.15) is 0 Å². The molecular weight excluding hydrogens is 423 g/mol. The minimum absolute atomic E-state index is 0.465. The Balaban J connectivity index is 1.76. The molecule has 3 aromatic rings. The lowest BCUT2D eigenvalue weighted by Gasteiger charge is -2.12. The van der Waals surface area contributed by atoms with Gasteiger partial charge in [0.15, 0.2) is 5.11 Å². The van der Waals surface area contributed by atoms with E-state index < -0.39 is 0 Å². The molecule has 0 aliphatic heterocycles. The van der Waals surface area contributed by atoms with Crippen LogP contribution in [0.1, 0.15) is 17.0 Å². The van der Waals surface area contributed by atoms with Crippen molar-refractivity contribution in [3.05, 3.63) is 74.5 Å². The number of nitrogens with zero attached hydrogens (tertiary/aromatic N) is 2. The van der Waals surface area contributed by atoms with Crippen LogP contribution in [0.5, 0.6) is 0 Å². The van der Waals surface area contributed by atoms with Crippen LogP contribution < -0.4 is 10.6 Å². The van der Waals surface area contributed by atoms with Crippen molar-refractivity contribution in [2.75, 3.05) is 10.6 Å². The van der Waals surface area contributed by atoms with Crippen LogP contribution in [0, 0.1) is 13.8 Å². The van der Waals surface area contributed by atoms with Crippen molar-refractivity contribution in [1.82, 2.24) is 9.78 Å². The Kier molecular flexibility index (Phi) is 6.27. The van der Waals surface area contributed by atoms with E-state index in [-0.39, 0.29) is 0 Å². The average molecular weight is 440 g/mol. The van der Waals surface area contributed by atoms with Crippen LogP contribution in [0.2, 0.25) is 15.1 Å². The molecule has 2 aromatic carbocycles. The molecule has 0 unspecified atom stereocenters. The molecule has 0 saturated carbocycles. The summed E-state index contributed by atoms with van der Waals surface area (Å²) in [6.45, 7) is 4.45. The lowest BCUT2D eigenvalue weighted by Crippen LogP contribution is -2.20. The third-order valence-corrected chi connectivity index (χ3v) is 5.06. The molecule has 0 fully saturated rings. The van der Waals surface area contributed by atoms with Crippen LogP contribution in [-0.2, 0) is 6.54 Å². The molecule has 0 aliphatic rings. The van der Waals surface area contributed by atoms with E-state index >= 15 is 0 Å². The molecule has 0 atom stereocenters. The second-order valence-electron chi connectivity index (χ2n) is 6.03. The minimum Gasteiger partial charge on any atom is -0.332 e. The van der Waals surface area contributed by atoms with Crippen LogP contribution in [0.15, 0.2) is 42.5 Å². The summed E-state index contributed by atoms with van der Waals surface area (Å²) in [4.78, 5) is 0. The highest BCUT2D eigenvalue weighted by Crippen LogP contribution is 2.25. The Hall–Kier alpha value is -1.79. The van der Waals surface area contributed by atoms with Crippen LogP contribution >= 0.6 is 47.0 Å². The summed E-state index contributed by atoms with van der Waals surface area (Å²) in [5, 5.41) is 13.3. The molecule has 140 valence electrons. The Morgan fingerprint density at radius 3 is 2.48 bits per heavy atom. The standard InChI is InChI=1S/C19H17Cl3N4S/c1-11-18(24-19(27)23-16-5-3-4-14(20)8-16)12(2)26(25-11)10-13-6-7-15(21)9-17(13)22/h3-9H,10H2,1-2H3,(H2,23,24,27). The van der Waals surface area contributed by atoms with Gasteiger partial charge < -0.3 is 10.6 Å². The van der Waals surface area contributed by atoms with Gasteiger partial charge in [-0.1, -0.05) is 46.9 Å². The number of anilines is 2. The van der Waals surface area contributed by atoms with Crippen molar-refractivity contribution < 1.29 is 0 Å². The maximum Gasteiger partial charge on any atom is 0.175 e. The maximum atomic E-state index is 6.28. The van der Waals surface area contributed by atoms with Gasteiger partial charge in [0, 0.05) is 20.8 Å². The number of hydrogen-bond acceptors (Lipinski definition) is 2. The molecule has 8 heteroatoms. The summed E-state index contributed by atoms with van der Waals surface area (Å²) in [6.07, 6.45) is 0. The van der Waals surface area contributed by atoms with Gasteiger partial charge in [-0.3, -0.25) is 4.68 Å². The molecule has 0 amide bonds. The molecule has 2 N–H and O–H groups in total. The molecule has 4 nitrogen and oxygen atoms in total. The molecule has 0 aliphatic carbocycles. The van der Waals surface area contributed by atoms with Gasteiger partial charge in [-0.25, -0.2) is 0 Å². The van der Waals surface area contributed by atoms with Gasteiger partial charge in [-0.2, -0.15) is 5.10 Å². The van der Waals surface area contributed by atoms with Gasteiger partial charge in [-0.15, -0.1) is 0 Å². The van der Waals surface area contributed by atoms with Gasteiger partial charge in [0.25, 0.3) is 0 Å². The highest BCUT2D eigenvalue weighted by Gasteiger charge is 2.14. The molecule has 1 heterocycles. The number of hydrogen-bond donors (Lipinski definition) is 2. The quantitative estimate of drug-likeness (QED) is 0.467. The Morgan fingerprint density at radius 1 is 1.04 bits per heavy atom. The number of benzene rings is 2. The highest BCUT2D eigenvalue weighted by molar-refractivity contribution is 7.80. The summed E-state index contributed by atoms with van der Waals surface area (Å²) >= 11 is 23.7. The van der Waals surface area contributed by atoms with Crippen LogP contribution in [0.4, 0.5) is 11.4 Å². The van der Waals surface area contributed by atoms with E-state index in [0.29, 0.717) is 26.7 Å². The summed E-state index contributed by atoms with van der Waals surface area (Å²) < 4.78 is 1.88. The largest absolute Gasteiger partial charge is 0.332 e. The lowest BCUT2D eigenvalue weighted by atomic mass is 10.2. The first-order chi connectivity index (χ1) is 12.8. The molecule has 3 rings (SSSR count). The third kappa shape index (κ3) is 4.93. The van der Waals surface area contributed by atoms with E-state index in [9.17, 15) is 0 Å². The summed E-state index contributed by atoms with van der Waals surface area (Å²) in [7, 11) is 0. The van der Waals surface area contributed by atoms with Crippen molar-refractivity contribution in [3.63, 3.8) is 0 Å². The fourth-order valence-corrected chi connectivity index (χ4v) is 3.56. The number of rotatable bonds is 4. The summed E-state index contributed by atoms with van der Waals surface area (Å²) in [6, 6.07) is 12.8. The second kappa shape index (κ2) is 8.48. The molecule has 1 aromatic heterocycles. The summed E-state index contributed by atoms with van der Waals surface area (Å²) in [5.74, 6) is 0. The second-order valence-corrected chi connectivity index (χ2v) is 7.72. The van der Waals surface area contributed by atoms with E-state index in [2.05, 4.69) is 15.7 Å². The maximum absolute atomic E-state index is 6.28.